The summed E-state index contributed by atoms with van der Waals surface area (Å²) in [5, 5.41) is 1.47. The van der Waals surface area contributed by atoms with Crippen LogP contribution >= 0.6 is 15.9 Å². The van der Waals surface area contributed by atoms with Gasteiger partial charge in [0.15, 0.2) is 0 Å². The summed E-state index contributed by atoms with van der Waals surface area (Å²) in [6, 6.07) is 4.39. The molecule has 0 saturated heterocycles. The molecule has 2 rings (SSSR count). The number of hydrogen-bond donors (Lipinski definition) is 1. The zero-order valence-corrected chi connectivity index (χ0v) is 14.3. The summed E-state index contributed by atoms with van der Waals surface area (Å²) in [7, 11) is -3.78. The maximum atomic E-state index is 12.9. The van der Waals surface area contributed by atoms with E-state index in [9.17, 15) is 26.4 Å². The quantitative estimate of drug-likeness (QED) is 0.766. The van der Waals surface area contributed by atoms with Gasteiger partial charge in [0.2, 0.25) is 15.0 Å². The van der Waals surface area contributed by atoms with Crippen molar-refractivity contribution in [3.63, 3.8) is 0 Å². The Morgan fingerprint density at radius 2 is 1.88 bits per heavy atom. The molecule has 1 aromatic heterocycles. The maximum Gasteiger partial charge on any atom is 0.418 e. The summed E-state index contributed by atoms with van der Waals surface area (Å²) in [6.07, 6.45) is -2.78. The Morgan fingerprint density at radius 1 is 1.25 bits per heavy atom. The lowest BCUT2D eigenvalue weighted by atomic mass is 10.1. The van der Waals surface area contributed by atoms with Crippen molar-refractivity contribution in [2.45, 2.75) is 11.3 Å². The number of amides is 1. The number of para-hydroxylation sites is 1. The molecule has 0 aliphatic carbocycles. The van der Waals surface area contributed by atoms with E-state index in [1.165, 1.54) is 12.1 Å². The van der Waals surface area contributed by atoms with Gasteiger partial charge in [-0.2, -0.15) is 13.2 Å². The van der Waals surface area contributed by atoms with Crippen LogP contribution < -0.4 is 5.32 Å². The standard InChI is InChI=1S/C13H9BrF3N3O3S/c1-24(22,23)12-18-6-8(14)10(20-12)11(21)19-9-5-3-2-4-7(9)13(15,16)17/h2-6H,1H3,(H,19,21). The summed E-state index contributed by atoms with van der Waals surface area (Å²) in [4.78, 5) is 19.3. The third kappa shape index (κ3) is 4.09. The molecule has 1 amide bonds. The number of nitrogens with one attached hydrogen (secondary N) is 1. The SMILES string of the molecule is CS(=O)(=O)c1ncc(Br)c(C(=O)Nc2ccccc2C(F)(F)F)n1. The molecule has 0 aliphatic heterocycles. The van der Waals surface area contributed by atoms with Crippen LogP contribution in [0, 0.1) is 0 Å². The Balaban J connectivity index is 2.42. The fraction of sp³-hybridized carbons (Fsp3) is 0.154. The van der Waals surface area contributed by atoms with Crippen molar-refractivity contribution < 1.29 is 26.4 Å². The number of alkyl halides is 3. The van der Waals surface area contributed by atoms with Crippen LogP contribution in [0.4, 0.5) is 18.9 Å². The zero-order chi connectivity index (χ0) is 18.1. The minimum atomic E-state index is -4.66. The molecule has 24 heavy (non-hydrogen) atoms. The fourth-order valence-corrected chi connectivity index (χ4v) is 2.58. The van der Waals surface area contributed by atoms with E-state index in [2.05, 4.69) is 31.2 Å². The molecular weight excluding hydrogens is 415 g/mol. The van der Waals surface area contributed by atoms with Gasteiger partial charge in [0.1, 0.15) is 5.69 Å². The second-order valence-corrected chi connectivity index (χ2v) is 7.38. The van der Waals surface area contributed by atoms with Crippen LogP contribution in [0.15, 0.2) is 40.1 Å². The normalized spacial score (nSPS) is 12.0. The van der Waals surface area contributed by atoms with E-state index in [1.54, 1.807) is 0 Å². The van der Waals surface area contributed by atoms with Crippen LogP contribution in [-0.2, 0) is 16.0 Å². The van der Waals surface area contributed by atoms with E-state index >= 15 is 0 Å². The Hall–Kier alpha value is -2.01. The number of anilines is 1. The first kappa shape index (κ1) is 18.3. The van der Waals surface area contributed by atoms with E-state index in [0.29, 0.717) is 0 Å². The smallest absolute Gasteiger partial charge is 0.320 e. The molecule has 11 heteroatoms. The monoisotopic (exact) mass is 423 g/mol. The van der Waals surface area contributed by atoms with Crippen molar-refractivity contribution in [2.75, 3.05) is 11.6 Å². The number of hydrogen-bond acceptors (Lipinski definition) is 5. The Bertz CT molecular complexity index is 901. The van der Waals surface area contributed by atoms with Gasteiger partial charge in [0.05, 0.1) is 15.7 Å². The Kier molecular flexibility index (Phi) is 4.95. The number of rotatable bonds is 3. The van der Waals surface area contributed by atoms with E-state index in [1.807, 2.05) is 0 Å². The zero-order valence-electron chi connectivity index (χ0n) is 11.9. The third-order valence-electron chi connectivity index (χ3n) is 2.75. The van der Waals surface area contributed by atoms with Crippen LogP contribution in [0.3, 0.4) is 0 Å². The molecule has 1 N–H and O–H groups in total. The summed E-state index contributed by atoms with van der Waals surface area (Å²) in [5.74, 6) is -1.01. The van der Waals surface area contributed by atoms with Gasteiger partial charge in [0, 0.05) is 12.5 Å². The van der Waals surface area contributed by atoms with E-state index in [4.69, 9.17) is 0 Å². The fourth-order valence-electron chi connectivity index (χ4n) is 1.71. The number of aromatic nitrogens is 2. The van der Waals surface area contributed by atoms with Gasteiger partial charge in [0.25, 0.3) is 5.91 Å². The number of nitrogens with zero attached hydrogens (tertiary/aromatic N) is 2. The highest BCUT2D eigenvalue weighted by atomic mass is 79.9. The van der Waals surface area contributed by atoms with Crippen molar-refractivity contribution in [1.29, 1.82) is 0 Å². The summed E-state index contributed by atoms with van der Waals surface area (Å²) < 4.78 is 61.7. The lowest BCUT2D eigenvalue weighted by Crippen LogP contribution is -2.19. The van der Waals surface area contributed by atoms with E-state index in [0.717, 1.165) is 24.6 Å². The first-order valence-corrected chi connectivity index (χ1v) is 8.89. The second-order valence-electron chi connectivity index (χ2n) is 4.62. The molecule has 1 aromatic carbocycles. The molecule has 0 atom stereocenters. The largest absolute Gasteiger partial charge is 0.418 e. The molecule has 0 spiro atoms. The van der Waals surface area contributed by atoms with Gasteiger partial charge in [-0.25, -0.2) is 18.4 Å². The van der Waals surface area contributed by atoms with Gasteiger partial charge in [-0.1, -0.05) is 12.1 Å². The van der Waals surface area contributed by atoms with Crippen molar-refractivity contribution in [3.8, 4) is 0 Å². The first-order chi connectivity index (χ1) is 11.0. The molecule has 128 valence electrons. The lowest BCUT2D eigenvalue weighted by molar-refractivity contribution is -0.136. The summed E-state index contributed by atoms with van der Waals surface area (Å²) in [6.45, 7) is 0. The molecule has 0 saturated carbocycles. The van der Waals surface area contributed by atoms with Crippen molar-refractivity contribution in [3.05, 3.63) is 46.2 Å². The summed E-state index contributed by atoms with van der Waals surface area (Å²) >= 11 is 2.97. The van der Waals surface area contributed by atoms with Crippen molar-refractivity contribution in [1.82, 2.24) is 9.97 Å². The molecule has 6 nitrogen and oxygen atoms in total. The topological polar surface area (TPSA) is 89.0 Å². The highest BCUT2D eigenvalue weighted by Crippen LogP contribution is 2.34. The highest BCUT2D eigenvalue weighted by molar-refractivity contribution is 9.10. The number of halogens is 4. The molecule has 0 radical (unpaired) electrons. The second kappa shape index (κ2) is 6.48. The predicted molar refractivity (Wildman–Crippen MR) is 82.2 cm³/mol. The van der Waals surface area contributed by atoms with Crippen molar-refractivity contribution in [2.24, 2.45) is 0 Å². The van der Waals surface area contributed by atoms with Crippen LogP contribution in [0.25, 0.3) is 0 Å². The van der Waals surface area contributed by atoms with E-state index in [-0.39, 0.29) is 4.47 Å². The van der Waals surface area contributed by atoms with Crippen LogP contribution in [0.2, 0.25) is 0 Å². The molecule has 0 aliphatic rings. The van der Waals surface area contributed by atoms with Crippen LogP contribution in [0.5, 0.6) is 0 Å². The van der Waals surface area contributed by atoms with Gasteiger partial charge in [-0.05, 0) is 28.1 Å². The average Bonchev–Trinajstić information content (AvgIpc) is 2.45. The highest BCUT2D eigenvalue weighted by Gasteiger charge is 2.34. The Morgan fingerprint density at radius 3 is 2.46 bits per heavy atom. The molecule has 0 bridgehead atoms. The third-order valence-corrected chi connectivity index (χ3v) is 4.19. The van der Waals surface area contributed by atoms with E-state index < -0.39 is 44.0 Å². The maximum absolute atomic E-state index is 12.9. The molecule has 1 heterocycles. The Labute approximate surface area is 143 Å². The predicted octanol–water partition coefficient (Wildman–Crippen LogP) is 2.91. The molecule has 0 fully saturated rings. The minimum Gasteiger partial charge on any atom is -0.320 e. The first-order valence-electron chi connectivity index (χ1n) is 6.20. The van der Waals surface area contributed by atoms with Gasteiger partial charge < -0.3 is 5.32 Å². The molecule has 2 aromatic rings. The number of carbonyl (C=O) groups is 1. The number of benzene rings is 1. The average molecular weight is 424 g/mol. The van der Waals surface area contributed by atoms with Gasteiger partial charge >= 0.3 is 6.18 Å². The van der Waals surface area contributed by atoms with Crippen molar-refractivity contribution >= 4 is 37.4 Å². The van der Waals surface area contributed by atoms with Gasteiger partial charge in [-0.3, -0.25) is 4.79 Å². The van der Waals surface area contributed by atoms with Crippen LogP contribution in [0.1, 0.15) is 16.1 Å². The molecule has 0 unspecified atom stereocenters. The number of sulfone groups is 1. The number of carbonyl (C=O) groups excluding carboxylic acids is 1. The lowest BCUT2D eigenvalue weighted by Gasteiger charge is -2.13. The minimum absolute atomic E-state index is 0.0388. The van der Waals surface area contributed by atoms with Gasteiger partial charge in [-0.15, -0.1) is 0 Å². The summed E-state index contributed by atoms with van der Waals surface area (Å²) in [5.41, 5.74) is -1.91. The molecular formula is C13H9BrF3N3O3S. The van der Waals surface area contributed by atoms with Crippen LogP contribution in [-0.4, -0.2) is 30.5 Å².